The maximum absolute atomic E-state index is 3.62. The Morgan fingerprint density at radius 3 is 2.36 bits per heavy atom. The molecule has 0 radical (unpaired) electrons. The number of hydrogen-bond acceptors (Lipinski definition) is 2. The molecule has 14 heavy (non-hydrogen) atoms. The van der Waals surface area contributed by atoms with Crippen LogP contribution < -0.4 is 5.32 Å². The average molecular weight is 198 g/mol. The minimum absolute atomic E-state index is 0.480. The van der Waals surface area contributed by atoms with Crippen molar-refractivity contribution in [3.05, 3.63) is 0 Å². The molecule has 1 saturated carbocycles. The predicted octanol–water partition coefficient (Wildman–Crippen LogP) is 2.11. The van der Waals surface area contributed by atoms with Crippen LogP contribution in [0, 0.1) is 5.92 Å². The SMILES string of the molecule is CCC(C)CNCC1(N(C)C)CCC1. The topological polar surface area (TPSA) is 15.3 Å². The van der Waals surface area contributed by atoms with E-state index in [0.717, 1.165) is 5.92 Å². The van der Waals surface area contributed by atoms with Crippen molar-refractivity contribution in [3.63, 3.8) is 0 Å². The van der Waals surface area contributed by atoms with Gasteiger partial charge in [-0.2, -0.15) is 0 Å². The minimum atomic E-state index is 0.480. The molecule has 2 nitrogen and oxygen atoms in total. The summed E-state index contributed by atoms with van der Waals surface area (Å²) in [7, 11) is 4.42. The Kier molecular flexibility index (Phi) is 4.39. The second kappa shape index (κ2) is 5.13. The van der Waals surface area contributed by atoms with E-state index in [-0.39, 0.29) is 0 Å². The highest BCUT2D eigenvalue weighted by Crippen LogP contribution is 2.35. The van der Waals surface area contributed by atoms with E-state index in [1.54, 1.807) is 0 Å². The van der Waals surface area contributed by atoms with Gasteiger partial charge in [-0.3, -0.25) is 0 Å². The van der Waals surface area contributed by atoms with Gasteiger partial charge in [-0.15, -0.1) is 0 Å². The lowest BCUT2D eigenvalue weighted by atomic mass is 9.75. The van der Waals surface area contributed by atoms with Gasteiger partial charge < -0.3 is 10.2 Å². The largest absolute Gasteiger partial charge is 0.315 e. The molecule has 1 unspecified atom stereocenters. The summed E-state index contributed by atoms with van der Waals surface area (Å²) in [6.07, 6.45) is 5.42. The van der Waals surface area contributed by atoms with E-state index in [1.165, 1.54) is 38.8 Å². The fraction of sp³-hybridized carbons (Fsp3) is 1.00. The van der Waals surface area contributed by atoms with Crippen LogP contribution >= 0.6 is 0 Å². The van der Waals surface area contributed by atoms with Crippen molar-refractivity contribution >= 4 is 0 Å². The zero-order valence-electron chi connectivity index (χ0n) is 10.3. The second-order valence-electron chi connectivity index (χ2n) is 5.12. The van der Waals surface area contributed by atoms with Gasteiger partial charge in [-0.25, -0.2) is 0 Å². The molecule has 0 amide bonds. The van der Waals surface area contributed by atoms with Crippen molar-refractivity contribution in [2.24, 2.45) is 5.92 Å². The fourth-order valence-electron chi connectivity index (χ4n) is 2.06. The first-order valence-corrected chi connectivity index (χ1v) is 5.99. The van der Waals surface area contributed by atoms with Crippen LogP contribution in [0.4, 0.5) is 0 Å². The van der Waals surface area contributed by atoms with E-state index >= 15 is 0 Å². The molecule has 0 heterocycles. The van der Waals surface area contributed by atoms with Crippen LogP contribution in [0.2, 0.25) is 0 Å². The van der Waals surface area contributed by atoms with Crippen molar-refractivity contribution in [2.45, 2.75) is 45.1 Å². The molecule has 0 spiro atoms. The summed E-state index contributed by atoms with van der Waals surface area (Å²) in [5.74, 6) is 0.814. The van der Waals surface area contributed by atoms with Crippen LogP contribution in [0.5, 0.6) is 0 Å². The number of rotatable bonds is 6. The van der Waals surface area contributed by atoms with Crippen molar-refractivity contribution in [3.8, 4) is 0 Å². The molecule has 1 aliphatic rings. The highest BCUT2D eigenvalue weighted by atomic mass is 15.2. The highest BCUT2D eigenvalue weighted by molar-refractivity contribution is 4.97. The standard InChI is InChI=1S/C12H26N2/c1-5-11(2)9-13-10-12(14(3)4)7-6-8-12/h11,13H,5-10H2,1-4H3. The number of hydrogen-bond donors (Lipinski definition) is 1. The van der Waals surface area contributed by atoms with E-state index in [4.69, 9.17) is 0 Å². The van der Waals surface area contributed by atoms with Crippen LogP contribution in [0.15, 0.2) is 0 Å². The monoisotopic (exact) mass is 198 g/mol. The molecular formula is C12H26N2. The Morgan fingerprint density at radius 2 is 2.00 bits per heavy atom. The zero-order chi connectivity index (χ0) is 10.6. The molecule has 1 aliphatic carbocycles. The highest BCUT2D eigenvalue weighted by Gasteiger charge is 2.38. The van der Waals surface area contributed by atoms with Crippen molar-refractivity contribution in [2.75, 3.05) is 27.2 Å². The molecule has 0 aromatic rings. The predicted molar refractivity (Wildman–Crippen MR) is 62.6 cm³/mol. The Labute approximate surface area is 89.1 Å². The molecule has 0 aliphatic heterocycles. The van der Waals surface area contributed by atoms with Gasteiger partial charge in [-0.1, -0.05) is 20.3 Å². The summed E-state index contributed by atoms with van der Waals surface area (Å²) < 4.78 is 0. The lowest BCUT2D eigenvalue weighted by molar-refractivity contribution is 0.0593. The summed E-state index contributed by atoms with van der Waals surface area (Å²) in [6.45, 7) is 6.92. The van der Waals surface area contributed by atoms with Gasteiger partial charge in [0.1, 0.15) is 0 Å². The number of likely N-dealkylation sites (N-methyl/N-ethyl adjacent to an activating group) is 1. The molecule has 0 aromatic carbocycles. The Bertz CT molecular complexity index is 162. The van der Waals surface area contributed by atoms with E-state index in [0.29, 0.717) is 5.54 Å². The maximum Gasteiger partial charge on any atom is 0.0327 e. The lowest BCUT2D eigenvalue weighted by Crippen LogP contribution is -2.56. The molecule has 1 atom stereocenters. The first-order chi connectivity index (χ1) is 6.60. The van der Waals surface area contributed by atoms with Gasteiger partial charge in [0.15, 0.2) is 0 Å². The van der Waals surface area contributed by atoms with Crippen molar-refractivity contribution < 1.29 is 0 Å². The third-order valence-corrected chi connectivity index (χ3v) is 3.88. The van der Waals surface area contributed by atoms with Gasteiger partial charge in [0.05, 0.1) is 0 Å². The third kappa shape index (κ3) is 2.71. The third-order valence-electron chi connectivity index (χ3n) is 3.88. The molecule has 0 bridgehead atoms. The fourth-order valence-corrected chi connectivity index (χ4v) is 2.06. The number of nitrogens with zero attached hydrogens (tertiary/aromatic N) is 1. The van der Waals surface area contributed by atoms with Crippen LogP contribution in [-0.4, -0.2) is 37.6 Å². The van der Waals surface area contributed by atoms with E-state index in [2.05, 4.69) is 38.2 Å². The van der Waals surface area contributed by atoms with E-state index in [1.807, 2.05) is 0 Å². The van der Waals surface area contributed by atoms with E-state index < -0.39 is 0 Å². The molecule has 0 saturated heterocycles. The first kappa shape index (κ1) is 12.0. The summed E-state index contributed by atoms with van der Waals surface area (Å²) >= 11 is 0. The van der Waals surface area contributed by atoms with Gasteiger partial charge in [0, 0.05) is 12.1 Å². The Morgan fingerprint density at radius 1 is 1.36 bits per heavy atom. The molecule has 1 rings (SSSR count). The zero-order valence-corrected chi connectivity index (χ0v) is 10.3. The van der Waals surface area contributed by atoms with Crippen LogP contribution in [0.1, 0.15) is 39.5 Å². The van der Waals surface area contributed by atoms with E-state index in [9.17, 15) is 0 Å². The summed E-state index contributed by atoms with van der Waals surface area (Å²) in [6, 6.07) is 0. The van der Waals surface area contributed by atoms with Crippen molar-refractivity contribution in [1.82, 2.24) is 10.2 Å². The summed E-state index contributed by atoms with van der Waals surface area (Å²) in [5.41, 5.74) is 0.480. The first-order valence-electron chi connectivity index (χ1n) is 5.99. The normalized spacial score (nSPS) is 22.1. The minimum Gasteiger partial charge on any atom is -0.315 e. The van der Waals surface area contributed by atoms with Gasteiger partial charge >= 0.3 is 0 Å². The van der Waals surface area contributed by atoms with Gasteiger partial charge in [-0.05, 0) is 45.8 Å². The summed E-state index contributed by atoms with van der Waals surface area (Å²) in [4.78, 5) is 2.40. The van der Waals surface area contributed by atoms with Gasteiger partial charge in [0.25, 0.3) is 0 Å². The Balaban J connectivity index is 2.22. The van der Waals surface area contributed by atoms with Crippen LogP contribution in [0.25, 0.3) is 0 Å². The second-order valence-corrected chi connectivity index (χ2v) is 5.12. The number of nitrogens with one attached hydrogen (secondary N) is 1. The Hall–Kier alpha value is -0.0800. The molecule has 84 valence electrons. The molecule has 1 fully saturated rings. The lowest BCUT2D eigenvalue weighted by Gasteiger charge is -2.47. The van der Waals surface area contributed by atoms with Crippen LogP contribution in [0.3, 0.4) is 0 Å². The molecule has 1 N–H and O–H groups in total. The summed E-state index contributed by atoms with van der Waals surface area (Å²) in [5, 5.41) is 3.62. The molecular weight excluding hydrogens is 172 g/mol. The van der Waals surface area contributed by atoms with Crippen LogP contribution in [-0.2, 0) is 0 Å². The molecule has 0 aromatic heterocycles. The average Bonchev–Trinajstić information content (AvgIpc) is 2.08. The molecule has 2 heteroatoms. The maximum atomic E-state index is 3.62. The quantitative estimate of drug-likeness (QED) is 0.703. The smallest absolute Gasteiger partial charge is 0.0327 e. The van der Waals surface area contributed by atoms with Gasteiger partial charge in [0.2, 0.25) is 0 Å². The van der Waals surface area contributed by atoms with Crippen molar-refractivity contribution in [1.29, 1.82) is 0 Å².